The van der Waals surface area contributed by atoms with E-state index in [1.807, 2.05) is 27.7 Å². The molecule has 0 aliphatic carbocycles. The number of aryl methyl sites for hydroxylation is 1. The molecule has 2 aromatic heterocycles. The second-order valence-electron chi connectivity index (χ2n) is 9.13. The third-order valence-electron chi connectivity index (χ3n) is 6.08. The summed E-state index contributed by atoms with van der Waals surface area (Å²) in [6.45, 7) is 13.1. The summed E-state index contributed by atoms with van der Waals surface area (Å²) < 4.78 is 33.6. The zero-order chi connectivity index (χ0) is 27.2. The number of nitrogens with one attached hydrogen (secondary N) is 3. The van der Waals surface area contributed by atoms with Crippen molar-refractivity contribution in [2.24, 2.45) is 5.92 Å². The summed E-state index contributed by atoms with van der Waals surface area (Å²) in [6.07, 6.45) is 1.67. The van der Waals surface area contributed by atoms with Crippen molar-refractivity contribution in [2.75, 3.05) is 51.2 Å². The maximum absolute atomic E-state index is 13.4. The van der Waals surface area contributed by atoms with Crippen LogP contribution < -0.4 is 15.4 Å². The van der Waals surface area contributed by atoms with Crippen molar-refractivity contribution in [1.29, 1.82) is 0 Å². The zero-order valence-electron chi connectivity index (χ0n) is 22.1. The number of anilines is 1. The van der Waals surface area contributed by atoms with Gasteiger partial charge in [0.25, 0.3) is 11.8 Å². The lowest BCUT2D eigenvalue weighted by Gasteiger charge is -2.33. The van der Waals surface area contributed by atoms with Crippen molar-refractivity contribution in [3.63, 3.8) is 0 Å². The number of nitrogens with zero attached hydrogens (tertiary/aromatic N) is 4. The van der Waals surface area contributed by atoms with Crippen LogP contribution in [0.25, 0.3) is 0 Å². The molecule has 3 heterocycles. The standard InChI is InChI=1S/C24H37N7O5S/c1-6-18-20(21(29-28-18)23(33)25-14-16(4)5)22(32)27-19-13-17(15-26-24(19)36-8-3)37(34,35)31-11-9-30(7-2)10-12-31/h13,15-16H,6-12,14H2,1-5H3,(H,25,33)(H,27,32)(H,28,29). The summed E-state index contributed by atoms with van der Waals surface area (Å²) in [5.74, 6) is -0.784. The Balaban J connectivity index is 1.91. The fourth-order valence-electron chi connectivity index (χ4n) is 3.96. The Morgan fingerprint density at radius 3 is 2.43 bits per heavy atom. The zero-order valence-corrected chi connectivity index (χ0v) is 22.9. The van der Waals surface area contributed by atoms with E-state index in [1.165, 1.54) is 16.6 Å². The molecule has 37 heavy (non-hydrogen) atoms. The summed E-state index contributed by atoms with van der Waals surface area (Å²) in [5.41, 5.74) is 0.640. The minimum absolute atomic E-state index is 0.0292. The third-order valence-corrected chi connectivity index (χ3v) is 7.94. The molecule has 0 atom stereocenters. The Morgan fingerprint density at radius 1 is 1.14 bits per heavy atom. The van der Waals surface area contributed by atoms with E-state index in [-0.39, 0.29) is 40.2 Å². The van der Waals surface area contributed by atoms with Gasteiger partial charge < -0.3 is 20.3 Å². The first-order valence-corrected chi connectivity index (χ1v) is 14.1. The molecule has 12 nitrogen and oxygen atoms in total. The molecule has 0 spiro atoms. The number of likely N-dealkylation sites (N-methyl/N-ethyl adjacent to an activating group) is 1. The van der Waals surface area contributed by atoms with Crippen LogP contribution >= 0.6 is 0 Å². The third kappa shape index (κ3) is 6.65. The Bertz CT molecular complexity index is 1200. The molecular weight excluding hydrogens is 498 g/mol. The fraction of sp³-hybridized carbons (Fsp3) is 0.583. The Hall–Kier alpha value is -3.03. The van der Waals surface area contributed by atoms with E-state index in [1.54, 1.807) is 6.92 Å². The summed E-state index contributed by atoms with van der Waals surface area (Å²) in [4.78, 5) is 32.5. The summed E-state index contributed by atoms with van der Waals surface area (Å²) in [5, 5.41) is 12.3. The molecule has 2 amide bonds. The number of rotatable bonds is 11. The van der Waals surface area contributed by atoms with Gasteiger partial charge in [-0.3, -0.25) is 14.7 Å². The number of pyridine rings is 1. The van der Waals surface area contributed by atoms with Crippen LogP contribution in [0.5, 0.6) is 5.88 Å². The van der Waals surface area contributed by atoms with Gasteiger partial charge in [-0.1, -0.05) is 27.7 Å². The van der Waals surface area contributed by atoms with Crippen molar-refractivity contribution in [3.8, 4) is 5.88 Å². The second kappa shape index (κ2) is 12.5. The van der Waals surface area contributed by atoms with Crippen LogP contribution in [0.15, 0.2) is 17.2 Å². The maximum Gasteiger partial charge on any atom is 0.272 e. The topological polar surface area (TPSA) is 150 Å². The highest BCUT2D eigenvalue weighted by molar-refractivity contribution is 7.89. The number of piperazine rings is 1. The highest BCUT2D eigenvalue weighted by Crippen LogP contribution is 2.28. The summed E-state index contributed by atoms with van der Waals surface area (Å²) in [7, 11) is -3.83. The number of ether oxygens (including phenoxy) is 1. The van der Waals surface area contributed by atoms with E-state index < -0.39 is 21.8 Å². The first-order valence-electron chi connectivity index (χ1n) is 12.6. The Kier molecular flexibility index (Phi) is 9.62. The van der Waals surface area contributed by atoms with E-state index in [9.17, 15) is 18.0 Å². The fourth-order valence-corrected chi connectivity index (χ4v) is 5.35. The van der Waals surface area contributed by atoms with Crippen LogP contribution in [-0.2, 0) is 16.4 Å². The highest BCUT2D eigenvalue weighted by Gasteiger charge is 2.30. The number of H-pyrrole nitrogens is 1. The second-order valence-corrected chi connectivity index (χ2v) is 11.1. The minimum Gasteiger partial charge on any atom is -0.476 e. The average Bonchev–Trinajstić information content (AvgIpc) is 3.33. The van der Waals surface area contributed by atoms with E-state index in [0.29, 0.717) is 44.8 Å². The number of aromatic amines is 1. The van der Waals surface area contributed by atoms with Crippen LogP contribution in [0.3, 0.4) is 0 Å². The molecule has 1 saturated heterocycles. The molecule has 2 aromatic rings. The van der Waals surface area contributed by atoms with E-state index in [4.69, 9.17) is 4.74 Å². The van der Waals surface area contributed by atoms with Crippen molar-refractivity contribution in [2.45, 2.75) is 45.9 Å². The van der Waals surface area contributed by atoms with Crippen LogP contribution in [0, 0.1) is 5.92 Å². The molecular formula is C24H37N7O5S. The molecule has 1 aliphatic rings. The number of hydrogen-bond acceptors (Lipinski definition) is 8. The molecule has 3 rings (SSSR count). The van der Waals surface area contributed by atoms with Gasteiger partial charge in [0.2, 0.25) is 15.9 Å². The van der Waals surface area contributed by atoms with Gasteiger partial charge in [0.15, 0.2) is 5.69 Å². The SMILES string of the molecule is CCOc1ncc(S(=O)(=O)N2CCN(CC)CC2)cc1NC(=O)c1c(C(=O)NCC(C)C)n[nH]c1CC. The number of carbonyl (C=O) groups excluding carboxylic acids is 2. The van der Waals surface area contributed by atoms with Gasteiger partial charge in [0, 0.05) is 38.4 Å². The normalized spacial score (nSPS) is 15.1. The number of amides is 2. The molecule has 1 fully saturated rings. The maximum atomic E-state index is 13.4. The number of carbonyl (C=O) groups is 2. The quantitative estimate of drug-likeness (QED) is 0.394. The number of sulfonamides is 1. The largest absolute Gasteiger partial charge is 0.476 e. The lowest BCUT2D eigenvalue weighted by Crippen LogP contribution is -2.48. The van der Waals surface area contributed by atoms with Crippen LogP contribution in [0.4, 0.5) is 5.69 Å². The van der Waals surface area contributed by atoms with E-state index >= 15 is 0 Å². The van der Waals surface area contributed by atoms with Gasteiger partial charge in [-0.15, -0.1) is 0 Å². The summed E-state index contributed by atoms with van der Waals surface area (Å²) >= 11 is 0. The average molecular weight is 536 g/mol. The molecule has 3 N–H and O–H groups in total. The molecule has 204 valence electrons. The number of hydrogen-bond donors (Lipinski definition) is 3. The molecule has 0 radical (unpaired) electrons. The molecule has 0 unspecified atom stereocenters. The predicted octanol–water partition coefficient (Wildman–Crippen LogP) is 1.73. The minimum atomic E-state index is -3.83. The lowest BCUT2D eigenvalue weighted by atomic mass is 10.1. The summed E-state index contributed by atoms with van der Waals surface area (Å²) in [6, 6.07) is 1.35. The number of aromatic nitrogens is 3. The highest BCUT2D eigenvalue weighted by atomic mass is 32.2. The molecule has 0 saturated carbocycles. The monoisotopic (exact) mass is 535 g/mol. The Labute approximate surface area is 218 Å². The van der Waals surface area contributed by atoms with Crippen molar-refractivity contribution in [1.82, 2.24) is 29.7 Å². The van der Waals surface area contributed by atoms with Crippen LogP contribution in [-0.4, -0.2) is 90.5 Å². The van der Waals surface area contributed by atoms with Crippen molar-refractivity contribution < 1.29 is 22.7 Å². The smallest absolute Gasteiger partial charge is 0.272 e. The lowest BCUT2D eigenvalue weighted by molar-refractivity contribution is 0.0932. The van der Waals surface area contributed by atoms with Crippen molar-refractivity contribution in [3.05, 3.63) is 29.2 Å². The van der Waals surface area contributed by atoms with E-state index in [0.717, 1.165) is 6.54 Å². The molecule has 0 aromatic carbocycles. The first kappa shape index (κ1) is 28.5. The van der Waals surface area contributed by atoms with Crippen molar-refractivity contribution >= 4 is 27.5 Å². The van der Waals surface area contributed by atoms with Gasteiger partial charge in [0.05, 0.1) is 18.4 Å². The van der Waals surface area contributed by atoms with Gasteiger partial charge in [0.1, 0.15) is 10.6 Å². The van der Waals surface area contributed by atoms with Crippen LogP contribution in [0.2, 0.25) is 0 Å². The van der Waals surface area contributed by atoms with Gasteiger partial charge >= 0.3 is 0 Å². The first-order chi connectivity index (χ1) is 17.6. The van der Waals surface area contributed by atoms with Gasteiger partial charge in [-0.05, 0) is 31.9 Å². The molecule has 1 aliphatic heterocycles. The Morgan fingerprint density at radius 2 is 1.84 bits per heavy atom. The van der Waals surface area contributed by atoms with Crippen LogP contribution in [0.1, 0.15) is 61.2 Å². The van der Waals surface area contributed by atoms with E-state index in [2.05, 4.69) is 30.7 Å². The van der Waals surface area contributed by atoms with Gasteiger partial charge in [-0.2, -0.15) is 9.40 Å². The molecule has 0 bridgehead atoms. The van der Waals surface area contributed by atoms with Gasteiger partial charge in [-0.25, -0.2) is 13.4 Å². The molecule has 13 heteroatoms. The predicted molar refractivity (Wildman–Crippen MR) is 139 cm³/mol.